The lowest BCUT2D eigenvalue weighted by atomic mass is 10.0. The van der Waals surface area contributed by atoms with E-state index in [1.165, 1.54) is 0 Å². The van der Waals surface area contributed by atoms with Crippen molar-refractivity contribution >= 4 is 17.5 Å². The number of carbonyl (C=O) groups excluding carboxylic acids is 1. The van der Waals surface area contributed by atoms with Gasteiger partial charge in [0.15, 0.2) is 0 Å². The lowest BCUT2D eigenvalue weighted by Gasteiger charge is -2.18. The molecule has 0 heterocycles. The molecule has 1 aliphatic carbocycles. The fourth-order valence-corrected chi connectivity index (χ4v) is 2.78. The second-order valence-corrected chi connectivity index (χ2v) is 6.15. The summed E-state index contributed by atoms with van der Waals surface area (Å²) in [5, 5.41) is 3.81. The van der Waals surface area contributed by atoms with Crippen molar-refractivity contribution in [1.29, 1.82) is 0 Å². The Bertz CT molecular complexity index is 714. The molecular formula is C18H19ClN2O2. The number of carbonyl (C=O) groups is 1. The summed E-state index contributed by atoms with van der Waals surface area (Å²) in [6.07, 6.45) is 1.84. The summed E-state index contributed by atoms with van der Waals surface area (Å²) in [6, 6.07) is 14.8. The van der Waals surface area contributed by atoms with Crippen LogP contribution in [0.1, 0.15) is 28.8 Å². The maximum Gasteiger partial charge on any atom is 0.252 e. The van der Waals surface area contributed by atoms with Crippen LogP contribution < -0.4 is 15.8 Å². The minimum atomic E-state index is -0.296. The van der Waals surface area contributed by atoms with Gasteiger partial charge in [-0.25, -0.2) is 0 Å². The van der Waals surface area contributed by atoms with Crippen molar-refractivity contribution in [2.45, 2.75) is 18.4 Å². The third-order valence-corrected chi connectivity index (χ3v) is 4.20. The minimum Gasteiger partial charge on any atom is -0.492 e. The van der Waals surface area contributed by atoms with Gasteiger partial charge in [-0.15, -0.1) is 0 Å². The van der Waals surface area contributed by atoms with Gasteiger partial charge in [-0.2, -0.15) is 0 Å². The second-order valence-electron chi connectivity index (χ2n) is 5.71. The number of benzene rings is 2. The zero-order valence-corrected chi connectivity index (χ0v) is 13.5. The van der Waals surface area contributed by atoms with Gasteiger partial charge in [-0.1, -0.05) is 29.8 Å². The lowest BCUT2D eigenvalue weighted by Crippen LogP contribution is -2.34. The number of nitrogens with one attached hydrogen (secondary N) is 1. The van der Waals surface area contributed by atoms with E-state index < -0.39 is 0 Å². The van der Waals surface area contributed by atoms with Crippen LogP contribution in [-0.2, 0) is 5.54 Å². The maximum absolute atomic E-state index is 12.6. The van der Waals surface area contributed by atoms with Crippen molar-refractivity contribution in [3.05, 3.63) is 64.7 Å². The molecule has 1 amide bonds. The molecule has 1 saturated carbocycles. The van der Waals surface area contributed by atoms with Crippen molar-refractivity contribution in [1.82, 2.24) is 5.32 Å². The van der Waals surface area contributed by atoms with E-state index in [-0.39, 0.29) is 11.4 Å². The highest BCUT2D eigenvalue weighted by Crippen LogP contribution is 2.46. The molecule has 0 spiro atoms. The van der Waals surface area contributed by atoms with Gasteiger partial charge in [0.05, 0.1) is 5.54 Å². The zero-order valence-electron chi connectivity index (χ0n) is 12.7. The molecule has 2 aromatic carbocycles. The average molecular weight is 331 g/mol. The Kier molecular flexibility index (Phi) is 4.55. The molecule has 0 atom stereocenters. The topological polar surface area (TPSA) is 64.3 Å². The molecule has 120 valence electrons. The van der Waals surface area contributed by atoms with Crippen LogP contribution >= 0.6 is 11.6 Å². The second kappa shape index (κ2) is 6.60. The van der Waals surface area contributed by atoms with Crippen LogP contribution in [-0.4, -0.2) is 19.1 Å². The minimum absolute atomic E-state index is 0.110. The summed E-state index contributed by atoms with van der Waals surface area (Å²) in [5.74, 6) is 0.538. The monoisotopic (exact) mass is 330 g/mol. The molecule has 1 fully saturated rings. The number of hydrogen-bond donors (Lipinski definition) is 2. The van der Waals surface area contributed by atoms with E-state index in [1.54, 1.807) is 18.2 Å². The Morgan fingerprint density at radius 1 is 1.22 bits per heavy atom. The fourth-order valence-electron chi connectivity index (χ4n) is 2.59. The predicted octanol–water partition coefficient (Wildman–Crippen LogP) is 3.10. The first kappa shape index (κ1) is 15.8. The van der Waals surface area contributed by atoms with Crippen molar-refractivity contribution in [3.63, 3.8) is 0 Å². The van der Waals surface area contributed by atoms with Crippen LogP contribution in [0.5, 0.6) is 5.75 Å². The molecule has 4 nitrogen and oxygen atoms in total. The van der Waals surface area contributed by atoms with Crippen LogP contribution in [0, 0.1) is 0 Å². The van der Waals surface area contributed by atoms with E-state index in [0.717, 1.165) is 18.4 Å². The van der Waals surface area contributed by atoms with Gasteiger partial charge >= 0.3 is 0 Å². The molecule has 0 aliphatic heterocycles. The van der Waals surface area contributed by atoms with Crippen molar-refractivity contribution in [2.75, 3.05) is 13.2 Å². The molecule has 2 aromatic rings. The standard InChI is InChI=1S/C18H19ClN2O2/c19-15-5-2-4-14(12-15)18(7-8-18)21-17(22)13-3-1-6-16(11-13)23-10-9-20/h1-6,11-12H,7-10,20H2,(H,21,22). The molecule has 1 aliphatic rings. The van der Waals surface area contributed by atoms with Crippen molar-refractivity contribution < 1.29 is 9.53 Å². The van der Waals surface area contributed by atoms with E-state index >= 15 is 0 Å². The first-order valence-electron chi connectivity index (χ1n) is 7.64. The Hall–Kier alpha value is -2.04. The smallest absolute Gasteiger partial charge is 0.252 e. The normalized spacial score (nSPS) is 15.0. The third kappa shape index (κ3) is 3.66. The van der Waals surface area contributed by atoms with Gasteiger partial charge in [0.2, 0.25) is 0 Å². The molecule has 0 saturated heterocycles. The quantitative estimate of drug-likeness (QED) is 0.855. The average Bonchev–Trinajstić information content (AvgIpc) is 3.34. The van der Waals surface area contributed by atoms with Crippen LogP contribution in [0.15, 0.2) is 48.5 Å². The van der Waals surface area contributed by atoms with Crippen molar-refractivity contribution in [3.8, 4) is 5.75 Å². The molecule has 23 heavy (non-hydrogen) atoms. The lowest BCUT2D eigenvalue weighted by molar-refractivity contribution is 0.0930. The largest absolute Gasteiger partial charge is 0.492 e. The number of rotatable bonds is 6. The number of hydrogen-bond acceptors (Lipinski definition) is 3. The van der Waals surface area contributed by atoms with E-state index in [9.17, 15) is 4.79 Å². The van der Waals surface area contributed by atoms with E-state index in [4.69, 9.17) is 22.1 Å². The van der Waals surface area contributed by atoms with E-state index in [0.29, 0.717) is 29.5 Å². The molecule has 0 aromatic heterocycles. The summed E-state index contributed by atoms with van der Waals surface area (Å²) in [6.45, 7) is 0.867. The van der Waals surface area contributed by atoms with Gasteiger partial charge in [0.25, 0.3) is 5.91 Å². The molecule has 5 heteroatoms. The van der Waals surface area contributed by atoms with Crippen LogP contribution in [0.25, 0.3) is 0 Å². The van der Waals surface area contributed by atoms with Gasteiger partial charge in [-0.3, -0.25) is 4.79 Å². The predicted molar refractivity (Wildman–Crippen MR) is 90.8 cm³/mol. The first-order chi connectivity index (χ1) is 11.1. The molecule has 3 rings (SSSR count). The molecule has 0 unspecified atom stereocenters. The number of amides is 1. The van der Waals surface area contributed by atoms with Crippen LogP contribution in [0.2, 0.25) is 5.02 Å². The van der Waals surface area contributed by atoms with Crippen molar-refractivity contribution in [2.24, 2.45) is 5.73 Å². The van der Waals surface area contributed by atoms with E-state index in [1.807, 2.05) is 30.3 Å². The number of nitrogens with two attached hydrogens (primary N) is 1. The Morgan fingerprint density at radius 2 is 2.00 bits per heavy atom. The van der Waals surface area contributed by atoms with Gasteiger partial charge in [0, 0.05) is 17.1 Å². The first-order valence-corrected chi connectivity index (χ1v) is 8.02. The number of halogens is 1. The summed E-state index contributed by atoms with van der Waals surface area (Å²) >= 11 is 6.06. The molecule has 0 radical (unpaired) electrons. The fraction of sp³-hybridized carbons (Fsp3) is 0.278. The molecule has 3 N–H and O–H groups in total. The summed E-state index contributed by atoms with van der Waals surface area (Å²) < 4.78 is 5.47. The SMILES string of the molecule is NCCOc1cccc(C(=O)NC2(c3cccc(Cl)c3)CC2)c1. The molecular weight excluding hydrogens is 312 g/mol. The molecule has 0 bridgehead atoms. The van der Waals surface area contributed by atoms with Crippen LogP contribution in [0.4, 0.5) is 0 Å². The number of ether oxygens (including phenoxy) is 1. The Balaban J connectivity index is 1.74. The van der Waals surface area contributed by atoms with Gasteiger partial charge in [-0.05, 0) is 48.7 Å². The highest BCUT2D eigenvalue weighted by atomic mass is 35.5. The van der Waals surface area contributed by atoms with Crippen LogP contribution in [0.3, 0.4) is 0 Å². The Morgan fingerprint density at radius 3 is 2.70 bits per heavy atom. The third-order valence-electron chi connectivity index (χ3n) is 3.96. The zero-order chi connectivity index (χ0) is 16.3. The summed E-state index contributed by atoms with van der Waals surface area (Å²) in [4.78, 5) is 12.6. The summed E-state index contributed by atoms with van der Waals surface area (Å²) in [5.41, 5.74) is 6.76. The highest BCUT2D eigenvalue weighted by molar-refractivity contribution is 6.30. The maximum atomic E-state index is 12.6. The highest BCUT2D eigenvalue weighted by Gasteiger charge is 2.45. The van der Waals surface area contributed by atoms with Gasteiger partial charge in [0.1, 0.15) is 12.4 Å². The van der Waals surface area contributed by atoms with Gasteiger partial charge < -0.3 is 15.8 Å². The summed E-state index contributed by atoms with van der Waals surface area (Å²) in [7, 11) is 0. The Labute approximate surface area is 140 Å². The van der Waals surface area contributed by atoms with E-state index in [2.05, 4.69) is 5.32 Å².